The summed E-state index contributed by atoms with van der Waals surface area (Å²) in [5.41, 5.74) is 5.70. The van der Waals surface area contributed by atoms with Crippen LogP contribution in [0.5, 0.6) is 0 Å². The minimum absolute atomic E-state index is 0.986. The number of hydrogen-bond acceptors (Lipinski definition) is 1. The average molecular weight is 579 g/mol. The van der Waals surface area contributed by atoms with E-state index in [-0.39, 0.29) is 0 Å². The molecule has 2 nitrogen and oxygen atoms in total. The first kappa shape index (κ1) is 26.1. The van der Waals surface area contributed by atoms with Crippen molar-refractivity contribution in [3.05, 3.63) is 182 Å². The van der Waals surface area contributed by atoms with Gasteiger partial charge in [0, 0.05) is 21.8 Å². The summed E-state index contributed by atoms with van der Waals surface area (Å²) < 4.78 is 2.32. The van der Waals surface area contributed by atoms with Crippen LogP contribution in [-0.2, 0) is 0 Å². The van der Waals surface area contributed by atoms with Gasteiger partial charge in [-0.3, -0.25) is 4.57 Å². The lowest BCUT2D eigenvalue weighted by Gasteiger charge is -2.33. The van der Waals surface area contributed by atoms with Crippen LogP contribution in [0.25, 0.3) is 38.8 Å². The molecule has 0 radical (unpaired) electrons. The number of rotatable bonds is 6. The highest BCUT2D eigenvalue weighted by Crippen LogP contribution is 2.30. The van der Waals surface area contributed by atoms with Gasteiger partial charge in [0.25, 0.3) is 0 Å². The molecule has 3 heteroatoms. The molecule has 2 heterocycles. The zero-order valence-corrected chi connectivity index (χ0v) is 25.2. The van der Waals surface area contributed by atoms with Crippen molar-refractivity contribution >= 4 is 50.9 Å². The predicted molar refractivity (Wildman–Crippen MR) is 188 cm³/mol. The first-order chi connectivity index (χ1) is 21.8. The van der Waals surface area contributed by atoms with Crippen LogP contribution in [0.3, 0.4) is 0 Å². The summed E-state index contributed by atoms with van der Waals surface area (Å²) in [7, 11) is -2.84. The van der Waals surface area contributed by atoms with Crippen molar-refractivity contribution in [1.29, 1.82) is 0 Å². The third-order valence-electron chi connectivity index (χ3n) is 8.76. The Kier molecular flexibility index (Phi) is 6.51. The summed E-state index contributed by atoms with van der Waals surface area (Å²) in [6, 6.07) is 65.7. The van der Waals surface area contributed by atoms with Crippen LogP contribution in [0.1, 0.15) is 0 Å². The molecule has 0 bridgehead atoms. The van der Waals surface area contributed by atoms with Crippen LogP contribution in [0.4, 0.5) is 0 Å². The fraction of sp³-hybridized carbons (Fsp3) is 0. The maximum atomic E-state index is 5.70. The fourth-order valence-electron chi connectivity index (χ4n) is 6.75. The lowest BCUT2D eigenvalue weighted by atomic mass is 10.1. The number of fused-ring (bicyclic) bond motifs is 3. The van der Waals surface area contributed by atoms with Gasteiger partial charge in [-0.2, -0.15) is 0 Å². The van der Waals surface area contributed by atoms with Gasteiger partial charge in [0.2, 0.25) is 8.07 Å². The number of pyridine rings is 1. The summed E-state index contributed by atoms with van der Waals surface area (Å²) in [6.07, 6.45) is 0. The maximum absolute atomic E-state index is 5.70. The number of para-hydroxylation sites is 2. The van der Waals surface area contributed by atoms with E-state index in [4.69, 9.17) is 4.98 Å². The molecular formula is C41H30N2Si. The summed E-state index contributed by atoms with van der Waals surface area (Å²) in [5.74, 6) is 0. The van der Waals surface area contributed by atoms with Crippen LogP contribution in [0.15, 0.2) is 182 Å². The Balaban J connectivity index is 1.46. The molecule has 0 atom stereocenters. The minimum atomic E-state index is -2.84. The Morgan fingerprint density at radius 2 is 0.886 bits per heavy atom. The Morgan fingerprint density at radius 1 is 0.386 bits per heavy atom. The van der Waals surface area contributed by atoms with Crippen molar-refractivity contribution < 1.29 is 0 Å². The summed E-state index contributed by atoms with van der Waals surface area (Å²) in [5, 5.41) is 7.43. The molecule has 0 aliphatic rings. The van der Waals surface area contributed by atoms with Gasteiger partial charge in [0.15, 0.2) is 0 Å². The second-order valence-electron chi connectivity index (χ2n) is 11.2. The predicted octanol–water partition coefficient (Wildman–Crippen LogP) is 7.22. The maximum Gasteiger partial charge on any atom is 0.201 e. The molecule has 0 N–H and O–H groups in total. The molecule has 0 saturated heterocycles. The number of hydrogen-bond donors (Lipinski definition) is 0. The monoisotopic (exact) mass is 578 g/mol. The van der Waals surface area contributed by atoms with Crippen LogP contribution in [-0.4, -0.2) is 17.6 Å². The largest absolute Gasteiger partial charge is 0.294 e. The normalized spacial score (nSPS) is 11.6. The smallest absolute Gasteiger partial charge is 0.201 e. The molecule has 0 saturated carbocycles. The molecule has 2 aromatic heterocycles. The lowest BCUT2D eigenvalue weighted by Crippen LogP contribution is -2.75. The summed E-state index contributed by atoms with van der Waals surface area (Å²) in [6.45, 7) is 0. The van der Waals surface area contributed by atoms with Crippen molar-refractivity contribution in [3.63, 3.8) is 0 Å². The quantitative estimate of drug-likeness (QED) is 0.150. The molecule has 6 aromatic carbocycles. The van der Waals surface area contributed by atoms with E-state index < -0.39 is 8.07 Å². The number of benzene rings is 6. The molecule has 0 aliphatic carbocycles. The minimum Gasteiger partial charge on any atom is -0.294 e. The van der Waals surface area contributed by atoms with Gasteiger partial charge in [-0.25, -0.2) is 4.98 Å². The van der Waals surface area contributed by atoms with Gasteiger partial charge in [-0.1, -0.05) is 152 Å². The van der Waals surface area contributed by atoms with E-state index in [9.17, 15) is 0 Å². The second-order valence-corrected chi connectivity index (χ2v) is 14.9. The molecule has 0 unspecified atom stereocenters. The Labute approximate surface area is 258 Å². The van der Waals surface area contributed by atoms with Crippen LogP contribution in [0.2, 0.25) is 0 Å². The average Bonchev–Trinajstić information content (AvgIpc) is 3.44. The first-order valence-electron chi connectivity index (χ1n) is 15.1. The van der Waals surface area contributed by atoms with E-state index in [2.05, 4.69) is 187 Å². The van der Waals surface area contributed by atoms with Gasteiger partial charge < -0.3 is 0 Å². The van der Waals surface area contributed by atoms with Crippen molar-refractivity contribution in [3.8, 4) is 16.8 Å². The molecular weight excluding hydrogens is 549 g/mol. The fourth-order valence-corrected chi connectivity index (χ4v) is 11.3. The number of aromatic nitrogens is 2. The highest BCUT2D eigenvalue weighted by atomic mass is 28.3. The summed E-state index contributed by atoms with van der Waals surface area (Å²) in [4.78, 5) is 5.70. The molecule has 8 rings (SSSR count). The molecule has 0 fully saturated rings. The standard InChI is InChI=1S/C41H30N2Si/c1-5-15-31(16-6-1)32-25-27-36(28-26-32)44(34-19-9-3-10-20-34,35-21-11-4-12-22-35)40-30-29-38-37-23-13-14-24-39(37)43(41(38)42-40)33-17-7-2-8-18-33/h1-30H. The molecule has 44 heavy (non-hydrogen) atoms. The Hall–Kier alpha value is -5.51. The van der Waals surface area contributed by atoms with Gasteiger partial charge in [0.1, 0.15) is 5.65 Å². The lowest BCUT2D eigenvalue weighted by molar-refractivity contribution is 1.14. The summed E-state index contributed by atoms with van der Waals surface area (Å²) >= 11 is 0. The highest BCUT2D eigenvalue weighted by Gasteiger charge is 2.43. The molecule has 8 aromatic rings. The van der Waals surface area contributed by atoms with Crippen molar-refractivity contribution in [1.82, 2.24) is 9.55 Å². The van der Waals surface area contributed by atoms with E-state index in [1.165, 1.54) is 32.1 Å². The van der Waals surface area contributed by atoms with E-state index in [1.54, 1.807) is 0 Å². The van der Waals surface area contributed by atoms with Gasteiger partial charge in [0.05, 0.1) is 5.52 Å². The Bertz CT molecular complexity index is 2150. The molecule has 0 spiro atoms. The second kappa shape index (κ2) is 11.0. The van der Waals surface area contributed by atoms with Crippen molar-refractivity contribution in [2.24, 2.45) is 0 Å². The van der Waals surface area contributed by atoms with Crippen LogP contribution < -0.4 is 20.9 Å². The Morgan fingerprint density at radius 3 is 1.52 bits per heavy atom. The zero-order chi connectivity index (χ0) is 29.3. The first-order valence-corrected chi connectivity index (χ1v) is 17.1. The molecule has 208 valence electrons. The highest BCUT2D eigenvalue weighted by molar-refractivity contribution is 7.19. The third-order valence-corrected chi connectivity index (χ3v) is 13.4. The van der Waals surface area contributed by atoms with E-state index in [0.29, 0.717) is 0 Å². The SMILES string of the molecule is c1ccc(-c2ccc([Si](c3ccccc3)(c3ccccc3)c3ccc4c5ccccc5n(-c5ccccc5)c4n3)cc2)cc1. The van der Waals surface area contributed by atoms with Crippen LogP contribution in [0, 0.1) is 0 Å². The number of nitrogens with zero attached hydrogens (tertiary/aromatic N) is 2. The van der Waals surface area contributed by atoms with E-state index >= 15 is 0 Å². The molecule has 0 aliphatic heterocycles. The van der Waals surface area contributed by atoms with Crippen molar-refractivity contribution in [2.45, 2.75) is 0 Å². The van der Waals surface area contributed by atoms with Gasteiger partial charge >= 0.3 is 0 Å². The van der Waals surface area contributed by atoms with Gasteiger partial charge in [-0.05, 0) is 57.0 Å². The zero-order valence-electron chi connectivity index (χ0n) is 24.2. The van der Waals surface area contributed by atoms with Crippen molar-refractivity contribution in [2.75, 3.05) is 0 Å². The van der Waals surface area contributed by atoms with E-state index in [1.807, 2.05) is 0 Å². The third kappa shape index (κ3) is 4.21. The molecule has 0 amide bonds. The topological polar surface area (TPSA) is 17.8 Å². The van der Waals surface area contributed by atoms with Crippen LogP contribution >= 0.6 is 0 Å². The van der Waals surface area contributed by atoms with E-state index in [0.717, 1.165) is 27.6 Å². The van der Waals surface area contributed by atoms with Gasteiger partial charge in [-0.15, -0.1) is 0 Å².